The highest BCUT2D eigenvalue weighted by Crippen LogP contribution is 2.48. The van der Waals surface area contributed by atoms with Gasteiger partial charge in [0.05, 0.1) is 20.6 Å². The molecule has 0 aliphatic heterocycles. The Kier molecular flexibility index (Phi) is 4.20. The quantitative estimate of drug-likeness (QED) is 0.870. The maximum Gasteiger partial charge on any atom is 0.303 e. The molecule has 1 N–H and O–H groups in total. The summed E-state index contributed by atoms with van der Waals surface area (Å²) in [5, 5.41) is 9.58. The maximum absolute atomic E-state index is 11.0. The molecule has 0 saturated heterocycles. The number of carboxylic acids is 1. The highest BCUT2D eigenvalue weighted by atomic mass is 35.5. The van der Waals surface area contributed by atoms with Gasteiger partial charge in [-0.25, -0.2) is 0 Å². The van der Waals surface area contributed by atoms with Crippen LogP contribution in [0.4, 0.5) is 0 Å². The minimum atomic E-state index is -0.803. The molecule has 1 saturated carbocycles. The summed E-state index contributed by atoms with van der Waals surface area (Å²) in [5.74, 6) is 0.693. The molecule has 1 atom stereocenters. The minimum Gasteiger partial charge on any atom is -0.493 e. The topological polar surface area (TPSA) is 55.8 Å². The second-order valence-corrected chi connectivity index (χ2v) is 5.18. The van der Waals surface area contributed by atoms with Gasteiger partial charge in [0.15, 0.2) is 11.5 Å². The molecule has 1 aromatic rings. The molecule has 2 rings (SSSR count). The Morgan fingerprint density at radius 1 is 1.37 bits per heavy atom. The first-order valence-electron chi connectivity index (χ1n) is 6.20. The Labute approximate surface area is 117 Å². The van der Waals surface area contributed by atoms with Gasteiger partial charge in [-0.2, -0.15) is 0 Å². The third kappa shape index (κ3) is 3.13. The Bertz CT molecular complexity index is 483. The molecule has 0 spiro atoms. The van der Waals surface area contributed by atoms with Crippen molar-refractivity contribution in [3.63, 3.8) is 0 Å². The molecule has 19 heavy (non-hydrogen) atoms. The van der Waals surface area contributed by atoms with Crippen molar-refractivity contribution >= 4 is 17.6 Å². The summed E-state index contributed by atoms with van der Waals surface area (Å²) in [5.41, 5.74) is 0.837. The second-order valence-electron chi connectivity index (χ2n) is 4.77. The average molecular weight is 285 g/mol. The van der Waals surface area contributed by atoms with Crippen LogP contribution in [0.3, 0.4) is 0 Å². The van der Waals surface area contributed by atoms with Gasteiger partial charge in [-0.1, -0.05) is 11.6 Å². The largest absolute Gasteiger partial charge is 0.493 e. The van der Waals surface area contributed by atoms with E-state index in [1.54, 1.807) is 26.4 Å². The van der Waals surface area contributed by atoms with E-state index in [2.05, 4.69) is 0 Å². The van der Waals surface area contributed by atoms with E-state index in [4.69, 9.17) is 26.2 Å². The van der Waals surface area contributed by atoms with Crippen LogP contribution in [0.25, 0.3) is 0 Å². The number of hydrogen-bond donors (Lipinski definition) is 1. The lowest BCUT2D eigenvalue weighted by Gasteiger charge is -2.18. The van der Waals surface area contributed by atoms with E-state index in [1.807, 2.05) is 0 Å². The lowest BCUT2D eigenvalue weighted by atomic mass is 9.90. The molecule has 1 fully saturated rings. The first kappa shape index (κ1) is 14.0. The van der Waals surface area contributed by atoms with Gasteiger partial charge in [0, 0.05) is 11.1 Å². The summed E-state index contributed by atoms with van der Waals surface area (Å²) in [6.45, 7) is 0. The number of aliphatic carboxylic acids is 1. The van der Waals surface area contributed by atoms with Gasteiger partial charge >= 0.3 is 5.97 Å². The van der Waals surface area contributed by atoms with Crippen molar-refractivity contribution in [3.8, 4) is 11.5 Å². The predicted molar refractivity (Wildman–Crippen MR) is 72.3 cm³/mol. The smallest absolute Gasteiger partial charge is 0.303 e. The van der Waals surface area contributed by atoms with E-state index in [9.17, 15) is 4.79 Å². The molecule has 1 aliphatic carbocycles. The van der Waals surface area contributed by atoms with Crippen molar-refractivity contribution in [1.82, 2.24) is 0 Å². The highest BCUT2D eigenvalue weighted by Gasteiger charge is 2.35. The molecule has 0 heterocycles. The van der Waals surface area contributed by atoms with Gasteiger partial charge in [-0.15, -0.1) is 0 Å². The molecule has 0 radical (unpaired) electrons. The lowest BCUT2D eigenvalue weighted by molar-refractivity contribution is -0.137. The summed E-state index contributed by atoms with van der Waals surface area (Å²) in [7, 11) is 3.10. The van der Waals surface area contributed by atoms with Gasteiger partial charge < -0.3 is 14.6 Å². The average Bonchev–Trinajstić information content (AvgIpc) is 3.20. The third-order valence-corrected chi connectivity index (χ3v) is 3.82. The monoisotopic (exact) mass is 284 g/mol. The van der Waals surface area contributed by atoms with Crippen LogP contribution in [0, 0.1) is 5.92 Å². The lowest BCUT2D eigenvalue weighted by Crippen LogP contribution is -2.09. The second kappa shape index (κ2) is 5.70. The molecule has 0 aromatic heterocycles. The standard InChI is InChI=1S/C14H17ClO4/c1-18-12-5-10(11(15)7-13(12)19-2)9(6-14(16)17)8-3-4-8/h5,7-9H,3-4,6H2,1-2H3,(H,16,17). The number of carboxylic acid groups (broad SMARTS) is 1. The third-order valence-electron chi connectivity index (χ3n) is 3.49. The van der Waals surface area contributed by atoms with E-state index >= 15 is 0 Å². The van der Waals surface area contributed by atoms with Crippen molar-refractivity contribution in [2.24, 2.45) is 5.92 Å². The number of methoxy groups -OCH3 is 2. The van der Waals surface area contributed by atoms with E-state index < -0.39 is 5.97 Å². The number of hydrogen-bond acceptors (Lipinski definition) is 3. The maximum atomic E-state index is 11.0. The van der Waals surface area contributed by atoms with Gasteiger partial charge in [-0.3, -0.25) is 4.79 Å². The highest BCUT2D eigenvalue weighted by molar-refractivity contribution is 6.31. The van der Waals surface area contributed by atoms with Crippen molar-refractivity contribution in [2.45, 2.75) is 25.2 Å². The fraction of sp³-hybridized carbons (Fsp3) is 0.500. The Hall–Kier alpha value is -1.42. The Morgan fingerprint density at radius 2 is 1.95 bits per heavy atom. The molecular formula is C14H17ClO4. The van der Waals surface area contributed by atoms with Crippen LogP contribution in [-0.4, -0.2) is 25.3 Å². The van der Waals surface area contributed by atoms with E-state index in [0.717, 1.165) is 18.4 Å². The van der Waals surface area contributed by atoms with E-state index in [-0.39, 0.29) is 12.3 Å². The molecule has 4 nitrogen and oxygen atoms in total. The molecule has 1 unspecified atom stereocenters. The number of carbonyl (C=O) groups is 1. The Balaban J connectivity index is 2.38. The van der Waals surface area contributed by atoms with Crippen molar-refractivity contribution in [2.75, 3.05) is 14.2 Å². The van der Waals surface area contributed by atoms with Crippen molar-refractivity contribution in [1.29, 1.82) is 0 Å². The summed E-state index contributed by atoms with van der Waals surface area (Å²) in [6, 6.07) is 3.49. The number of benzene rings is 1. The van der Waals surface area contributed by atoms with Crippen LogP contribution >= 0.6 is 11.6 Å². The van der Waals surface area contributed by atoms with Crippen molar-refractivity contribution in [3.05, 3.63) is 22.7 Å². The van der Waals surface area contributed by atoms with Crippen LogP contribution in [-0.2, 0) is 4.79 Å². The van der Waals surface area contributed by atoms with Gasteiger partial charge in [0.2, 0.25) is 0 Å². The number of rotatable bonds is 6. The Morgan fingerprint density at radius 3 is 2.42 bits per heavy atom. The molecular weight excluding hydrogens is 268 g/mol. The van der Waals surface area contributed by atoms with E-state index in [1.165, 1.54) is 0 Å². The summed E-state index contributed by atoms with van der Waals surface area (Å²) in [4.78, 5) is 11.0. The summed E-state index contributed by atoms with van der Waals surface area (Å²) in [6.07, 6.45) is 2.21. The van der Waals surface area contributed by atoms with Gasteiger partial charge in [-0.05, 0) is 36.3 Å². The zero-order valence-electron chi connectivity index (χ0n) is 11.0. The van der Waals surface area contributed by atoms with E-state index in [0.29, 0.717) is 22.4 Å². The summed E-state index contributed by atoms with van der Waals surface area (Å²) < 4.78 is 10.4. The van der Waals surface area contributed by atoms with Crippen molar-refractivity contribution < 1.29 is 19.4 Å². The fourth-order valence-electron chi connectivity index (χ4n) is 2.37. The van der Waals surface area contributed by atoms with Crippen LogP contribution in [0.15, 0.2) is 12.1 Å². The molecule has 104 valence electrons. The molecule has 1 aromatic carbocycles. The normalized spacial score (nSPS) is 15.9. The molecule has 1 aliphatic rings. The molecule has 0 amide bonds. The first-order valence-corrected chi connectivity index (χ1v) is 6.57. The van der Waals surface area contributed by atoms with Crippen LogP contribution in [0.1, 0.15) is 30.7 Å². The predicted octanol–water partition coefficient (Wildman–Crippen LogP) is 3.33. The number of ether oxygens (including phenoxy) is 2. The zero-order chi connectivity index (χ0) is 14.0. The van der Waals surface area contributed by atoms with Crippen LogP contribution < -0.4 is 9.47 Å². The van der Waals surface area contributed by atoms with Crippen LogP contribution in [0.2, 0.25) is 5.02 Å². The zero-order valence-corrected chi connectivity index (χ0v) is 11.7. The van der Waals surface area contributed by atoms with Gasteiger partial charge in [0.1, 0.15) is 0 Å². The van der Waals surface area contributed by atoms with Gasteiger partial charge in [0.25, 0.3) is 0 Å². The first-order chi connectivity index (χ1) is 9.06. The minimum absolute atomic E-state index is 0.0511. The number of halogens is 1. The summed E-state index contributed by atoms with van der Waals surface area (Å²) >= 11 is 6.26. The molecule has 5 heteroatoms. The molecule has 0 bridgehead atoms. The van der Waals surface area contributed by atoms with Crippen LogP contribution in [0.5, 0.6) is 11.5 Å². The fourth-order valence-corrected chi connectivity index (χ4v) is 2.67. The SMILES string of the molecule is COc1cc(Cl)c(C(CC(=O)O)C2CC2)cc1OC.